The van der Waals surface area contributed by atoms with Gasteiger partial charge in [-0.2, -0.15) is 9.40 Å². The third-order valence-electron chi connectivity index (χ3n) is 5.08. The quantitative estimate of drug-likeness (QED) is 0.777. The van der Waals surface area contributed by atoms with Gasteiger partial charge in [0, 0.05) is 41.8 Å². The smallest absolute Gasteiger partial charge is 0.410 e. The zero-order chi connectivity index (χ0) is 21.0. The van der Waals surface area contributed by atoms with Crippen LogP contribution in [0.3, 0.4) is 0 Å². The van der Waals surface area contributed by atoms with E-state index in [0.717, 1.165) is 11.3 Å². The standard InChI is InChI=1S/C19H23ClN4O4S/c1-19(2,3)28-18(25)23-10-13-8-16-15(9-21-22-16)17(11-23)24(13)29(26,27)14-6-4-12(20)5-7-14/h4-7,9,13,17H,8,10-11H2,1-3H3,(H,21,22). The second-order valence-corrected chi connectivity index (χ2v) is 10.6. The highest BCUT2D eigenvalue weighted by atomic mass is 35.5. The second-order valence-electron chi connectivity index (χ2n) is 8.35. The lowest BCUT2D eigenvalue weighted by Crippen LogP contribution is -2.60. The number of ether oxygens (including phenoxy) is 1. The van der Waals surface area contributed by atoms with E-state index in [2.05, 4.69) is 10.2 Å². The van der Waals surface area contributed by atoms with Crippen LogP contribution in [0.15, 0.2) is 35.4 Å². The van der Waals surface area contributed by atoms with E-state index in [1.165, 1.54) is 16.4 Å². The Morgan fingerprint density at radius 1 is 1.24 bits per heavy atom. The molecule has 3 heterocycles. The van der Waals surface area contributed by atoms with E-state index >= 15 is 0 Å². The molecule has 10 heteroatoms. The molecule has 1 saturated heterocycles. The number of nitrogens with one attached hydrogen (secondary N) is 1. The number of halogens is 1. The molecule has 2 atom stereocenters. The first kappa shape index (κ1) is 20.2. The van der Waals surface area contributed by atoms with E-state index in [0.29, 0.717) is 11.4 Å². The fourth-order valence-corrected chi connectivity index (χ4v) is 5.82. The lowest BCUT2D eigenvalue weighted by Gasteiger charge is -2.48. The Morgan fingerprint density at radius 2 is 1.93 bits per heavy atom. The number of amides is 1. The van der Waals surface area contributed by atoms with Crippen molar-refractivity contribution in [3.05, 3.63) is 46.7 Å². The van der Waals surface area contributed by atoms with E-state index in [1.807, 2.05) is 0 Å². The number of rotatable bonds is 2. The van der Waals surface area contributed by atoms with Crippen LogP contribution in [-0.4, -0.2) is 58.6 Å². The second kappa shape index (κ2) is 7.00. The van der Waals surface area contributed by atoms with Crippen molar-refractivity contribution in [2.45, 2.75) is 49.8 Å². The van der Waals surface area contributed by atoms with Crippen molar-refractivity contribution in [2.24, 2.45) is 0 Å². The van der Waals surface area contributed by atoms with Gasteiger partial charge in [0.2, 0.25) is 10.0 Å². The predicted octanol–water partition coefficient (Wildman–Crippen LogP) is 2.97. The predicted molar refractivity (Wildman–Crippen MR) is 107 cm³/mol. The summed E-state index contributed by atoms with van der Waals surface area (Å²) in [6.07, 6.45) is 1.64. The Kier molecular flexibility index (Phi) is 4.87. The molecule has 1 aromatic carbocycles. The van der Waals surface area contributed by atoms with Crippen LogP contribution in [0.2, 0.25) is 5.02 Å². The van der Waals surface area contributed by atoms with Crippen molar-refractivity contribution < 1.29 is 17.9 Å². The molecule has 2 aromatic rings. The molecule has 29 heavy (non-hydrogen) atoms. The third-order valence-corrected chi connectivity index (χ3v) is 7.31. The maximum absolute atomic E-state index is 13.5. The Bertz CT molecular complexity index is 1030. The summed E-state index contributed by atoms with van der Waals surface area (Å²) < 4.78 is 34.0. The Balaban J connectivity index is 1.70. The number of benzene rings is 1. The van der Waals surface area contributed by atoms with Gasteiger partial charge < -0.3 is 9.64 Å². The first-order valence-electron chi connectivity index (χ1n) is 9.35. The molecule has 0 saturated carbocycles. The van der Waals surface area contributed by atoms with Gasteiger partial charge in [0.1, 0.15) is 5.60 Å². The summed E-state index contributed by atoms with van der Waals surface area (Å²) in [5.41, 5.74) is 1.07. The molecule has 2 aliphatic heterocycles. The molecule has 4 rings (SSSR count). The average molecular weight is 439 g/mol. The summed E-state index contributed by atoms with van der Waals surface area (Å²) in [5.74, 6) is 0. The van der Waals surface area contributed by atoms with Crippen molar-refractivity contribution in [3.63, 3.8) is 0 Å². The van der Waals surface area contributed by atoms with Crippen molar-refractivity contribution in [1.29, 1.82) is 0 Å². The van der Waals surface area contributed by atoms with Crippen molar-refractivity contribution in [1.82, 2.24) is 19.4 Å². The zero-order valence-electron chi connectivity index (χ0n) is 16.4. The number of fused-ring (bicyclic) bond motifs is 4. The molecule has 1 amide bonds. The van der Waals surface area contributed by atoms with Gasteiger partial charge in [0.25, 0.3) is 0 Å². The van der Waals surface area contributed by atoms with Gasteiger partial charge in [-0.15, -0.1) is 0 Å². The summed E-state index contributed by atoms with van der Waals surface area (Å²) in [7, 11) is -3.79. The fraction of sp³-hybridized carbons (Fsp3) is 0.474. The lowest BCUT2D eigenvalue weighted by atomic mass is 9.92. The molecule has 156 valence electrons. The van der Waals surface area contributed by atoms with Crippen LogP contribution in [0.4, 0.5) is 4.79 Å². The molecule has 2 bridgehead atoms. The first-order valence-corrected chi connectivity index (χ1v) is 11.2. The van der Waals surface area contributed by atoms with Crippen molar-refractivity contribution >= 4 is 27.7 Å². The number of nitrogens with zero attached hydrogens (tertiary/aromatic N) is 3. The summed E-state index contributed by atoms with van der Waals surface area (Å²) in [4.78, 5) is 14.4. The summed E-state index contributed by atoms with van der Waals surface area (Å²) in [5, 5.41) is 7.53. The minimum Gasteiger partial charge on any atom is -0.444 e. The number of aromatic nitrogens is 2. The first-order chi connectivity index (χ1) is 13.6. The minimum absolute atomic E-state index is 0.176. The Hall–Kier alpha value is -2.10. The molecule has 1 aromatic heterocycles. The number of aromatic amines is 1. The monoisotopic (exact) mass is 438 g/mol. The fourth-order valence-electron chi connectivity index (χ4n) is 3.92. The topological polar surface area (TPSA) is 95.6 Å². The molecule has 0 radical (unpaired) electrons. The largest absolute Gasteiger partial charge is 0.444 e. The number of H-pyrrole nitrogens is 1. The normalized spacial score (nSPS) is 22.3. The van der Waals surface area contributed by atoms with E-state index in [1.54, 1.807) is 44.0 Å². The third kappa shape index (κ3) is 3.74. The van der Waals surface area contributed by atoms with Crippen LogP contribution in [0.5, 0.6) is 0 Å². The van der Waals surface area contributed by atoms with Crippen LogP contribution in [0, 0.1) is 0 Å². The van der Waals surface area contributed by atoms with Gasteiger partial charge in [-0.3, -0.25) is 5.10 Å². The van der Waals surface area contributed by atoms with Gasteiger partial charge in [-0.05, 0) is 45.0 Å². The maximum Gasteiger partial charge on any atom is 0.410 e. The van der Waals surface area contributed by atoms with Gasteiger partial charge >= 0.3 is 6.09 Å². The van der Waals surface area contributed by atoms with E-state index < -0.39 is 33.8 Å². The highest BCUT2D eigenvalue weighted by molar-refractivity contribution is 7.89. The molecular weight excluding hydrogens is 416 g/mol. The number of carbonyl (C=O) groups excluding carboxylic acids is 1. The van der Waals surface area contributed by atoms with Crippen molar-refractivity contribution in [2.75, 3.05) is 13.1 Å². The number of hydrogen-bond donors (Lipinski definition) is 1. The summed E-state index contributed by atoms with van der Waals surface area (Å²) in [6, 6.07) is 5.17. The van der Waals surface area contributed by atoms with E-state index in [-0.39, 0.29) is 18.0 Å². The Labute approximate surface area is 174 Å². The average Bonchev–Trinajstić information content (AvgIpc) is 3.08. The molecule has 0 spiro atoms. The number of hydrogen-bond acceptors (Lipinski definition) is 5. The zero-order valence-corrected chi connectivity index (χ0v) is 18.0. The van der Waals surface area contributed by atoms with Gasteiger partial charge in [0.15, 0.2) is 0 Å². The minimum atomic E-state index is -3.79. The van der Waals surface area contributed by atoms with Gasteiger partial charge in [-0.25, -0.2) is 13.2 Å². The van der Waals surface area contributed by atoms with Crippen molar-refractivity contribution in [3.8, 4) is 0 Å². The molecule has 2 unspecified atom stereocenters. The van der Waals surface area contributed by atoms with Gasteiger partial charge in [-0.1, -0.05) is 11.6 Å². The molecule has 0 aliphatic carbocycles. The molecule has 2 aliphatic rings. The van der Waals surface area contributed by atoms with Crippen LogP contribution < -0.4 is 0 Å². The summed E-state index contributed by atoms with van der Waals surface area (Å²) >= 11 is 5.92. The van der Waals surface area contributed by atoms with Crippen LogP contribution in [0.25, 0.3) is 0 Å². The highest BCUT2D eigenvalue weighted by Crippen LogP contribution is 2.40. The number of sulfonamides is 1. The van der Waals surface area contributed by atoms with Crippen LogP contribution in [0.1, 0.15) is 38.1 Å². The Morgan fingerprint density at radius 3 is 2.59 bits per heavy atom. The molecule has 1 fully saturated rings. The molecule has 8 nitrogen and oxygen atoms in total. The number of carbonyl (C=O) groups is 1. The van der Waals surface area contributed by atoms with E-state index in [9.17, 15) is 13.2 Å². The molecular formula is C19H23ClN4O4S. The van der Waals surface area contributed by atoms with Gasteiger partial charge in [0.05, 0.1) is 17.1 Å². The lowest BCUT2D eigenvalue weighted by molar-refractivity contribution is 0.00154. The summed E-state index contributed by atoms with van der Waals surface area (Å²) in [6.45, 7) is 5.87. The molecule has 1 N–H and O–H groups in total. The maximum atomic E-state index is 13.5. The SMILES string of the molecule is CC(C)(C)OC(=O)N1CC2Cc3[nH]ncc3C(C1)N2S(=O)(=O)c1ccc(Cl)cc1. The highest BCUT2D eigenvalue weighted by Gasteiger charge is 2.49. The van der Waals surface area contributed by atoms with Crippen LogP contribution >= 0.6 is 11.6 Å². The van der Waals surface area contributed by atoms with Crippen LogP contribution in [-0.2, 0) is 21.2 Å². The van der Waals surface area contributed by atoms with E-state index in [4.69, 9.17) is 16.3 Å². The number of piperazine rings is 1.